The van der Waals surface area contributed by atoms with Crippen molar-refractivity contribution in [3.8, 4) is 11.8 Å². The van der Waals surface area contributed by atoms with Gasteiger partial charge in [-0.1, -0.05) is 5.92 Å². The van der Waals surface area contributed by atoms with E-state index in [0.717, 1.165) is 6.07 Å². The van der Waals surface area contributed by atoms with Crippen LogP contribution in [0.5, 0.6) is 0 Å². The molecule has 14 heavy (non-hydrogen) atoms. The molecule has 1 aromatic rings. The molecule has 1 rings (SSSR count). The number of esters is 1. The van der Waals surface area contributed by atoms with E-state index in [1.807, 2.05) is 0 Å². The Kier molecular flexibility index (Phi) is 3.62. The number of aromatic nitrogens is 1. The Morgan fingerprint density at radius 2 is 2.50 bits per heavy atom. The highest BCUT2D eigenvalue weighted by atomic mass is 19.1. The van der Waals surface area contributed by atoms with Gasteiger partial charge in [-0.25, -0.2) is 9.78 Å². The highest BCUT2D eigenvalue weighted by Gasteiger charge is 1.94. The highest BCUT2D eigenvalue weighted by molar-refractivity contribution is 5.89. The van der Waals surface area contributed by atoms with Gasteiger partial charge in [-0.2, -0.15) is 4.39 Å². The molecule has 0 saturated carbocycles. The van der Waals surface area contributed by atoms with Crippen molar-refractivity contribution < 1.29 is 13.9 Å². The number of pyridine rings is 1. The Morgan fingerprint density at radius 1 is 1.71 bits per heavy atom. The van der Waals surface area contributed by atoms with Gasteiger partial charge in [-0.15, -0.1) is 0 Å². The monoisotopic (exact) mass is 193 g/mol. The number of carbonyl (C=O) groups is 1. The minimum atomic E-state index is -0.624. The Bertz CT molecular complexity index is 393. The van der Waals surface area contributed by atoms with Crippen molar-refractivity contribution >= 4 is 5.97 Å². The molecule has 1 heterocycles. The normalized spacial score (nSPS) is 8.71. The maximum Gasteiger partial charge on any atom is 0.384 e. The third-order valence-electron chi connectivity index (χ3n) is 1.31. The zero-order valence-corrected chi connectivity index (χ0v) is 7.58. The second-order valence-electron chi connectivity index (χ2n) is 2.34. The first-order chi connectivity index (χ1) is 6.72. The molecule has 0 aliphatic heterocycles. The van der Waals surface area contributed by atoms with Crippen LogP contribution < -0.4 is 0 Å². The Morgan fingerprint density at radius 3 is 3.14 bits per heavy atom. The van der Waals surface area contributed by atoms with E-state index in [-0.39, 0.29) is 6.61 Å². The summed E-state index contributed by atoms with van der Waals surface area (Å²) in [5.74, 6) is 3.44. The molecule has 0 radical (unpaired) electrons. The summed E-state index contributed by atoms with van der Waals surface area (Å²) in [5, 5.41) is 0. The Labute approximate surface area is 80.9 Å². The molecule has 0 spiro atoms. The van der Waals surface area contributed by atoms with Crippen molar-refractivity contribution in [2.45, 2.75) is 6.92 Å². The van der Waals surface area contributed by atoms with Crippen molar-refractivity contribution in [2.24, 2.45) is 0 Å². The average molecular weight is 193 g/mol. The molecular formula is C10H8FNO2. The highest BCUT2D eigenvalue weighted by Crippen LogP contribution is 1.97. The number of nitrogens with zero attached hydrogens (tertiary/aromatic N) is 1. The van der Waals surface area contributed by atoms with Crippen molar-refractivity contribution in [1.82, 2.24) is 4.98 Å². The molecule has 0 aromatic carbocycles. The van der Waals surface area contributed by atoms with Gasteiger partial charge in [0.25, 0.3) is 0 Å². The summed E-state index contributed by atoms with van der Waals surface area (Å²) in [7, 11) is 0. The van der Waals surface area contributed by atoms with Crippen LogP contribution >= 0.6 is 0 Å². The van der Waals surface area contributed by atoms with Gasteiger partial charge in [-0.05, 0) is 13.0 Å². The maximum atomic E-state index is 12.5. The fraction of sp³-hybridized carbons (Fsp3) is 0.200. The summed E-state index contributed by atoms with van der Waals surface area (Å²) in [6.45, 7) is 1.96. The molecule has 0 amide bonds. The molecule has 1 aromatic heterocycles. The molecule has 3 nitrogen and oxygen atoms in total. The molecule has 72 valence electrons. The minimum absolute atomic E-state index is 0.276. The van der Waals surface area contributed by atoms with Crippen LogP contribution in [-0.4, -0.2) is 17.6 Å². The molecule has 0 N–H and O–H groups in total. The lowest BCUT2D eigenvalue weighted by molar-refractivity contribution is -0.136. The van der Waals surface area contributed by atoms with Crippen LogP contribution in [0.2, 0.25) is 0 Å². The fourth-order valence-electron chi connectivity index (χ4n) is 0.771. The van der Waals surface area contributed by atoms with Crippen molar-refractivity contribution in [3.63, 3.8) is 0 Å². The number of carbonyl (C=O) groups excluding carboxylic acids is 1. The fourth-order valence-corrected chi connectivity index (χ4v) is 0.771. The SMILES string of the molecule is CCOC(=O)C#Cc1ccnc(F)c1. The first-order valence-corrected chi connectivity index (χ1v) is 4.02. The van der Waals surface area contributed by atoms with Crippen LogP contribution in [-0.2, 0) is 9.53 Å². The van der Waals surface area contributed by atoms with E-state index in [2.05, 4.69) is 21.6 Å². The van der Waals surface area contributed by atoms with E-state index in [1.54, 1.807) is 6.92 Å². The average Bonchev–Trinajstić information content (AvgIpc) is 2.15. The number of halogens is 1. The summed E-state index contributed by atoms with van der Waals surface area (Å²) in [5.41, 5.74) is 0.394. The van der Waals surface area contributed by atoms with Crippen LogP contribution in [0.4, 0.5) is 4.39 Å². The number of ether oxygens (including phenoxy) is 1. The van der Waals surface area contributed by atoms with Gasteiger partial charge < -0.3 is 4.74 Å². The van der Waals surface area contributed by atoms with E-state index in [0.29, 0.717) is 5.56 Å². The van der Waals surface area contributed by atoms with Crippen LogP contribution in [0.3, 0.4) is 0 Å². The van der Waals surface area contributed by atoms with Gasteiger partial charge >= 0.3 is 5.97 Å². The summed E-state index contributed by atoms with van der Waals surface area (Å²) >= 11 is 0. The molecule has 4 heteroatoms. The lowest BCUT2D eigenvalue weighted by Gasteiger charge is -1.91. The van der Waals surface area contributed by atoms with Gasteiger partial charge in [0, 0.05) is 23.7 Å². The van der Waals surface area contributed by atoms with Gasteiger partial charge in [0.05, 0.1) is 6.61 Å². The summed E-state index contributed by atoms with van der Waals surface area (Å²) in [6, 6.07) is 2.65. The van der Waals surface area contributed by atoms with E-state index >= 15 is 0 Å². The van der Waals surface area contributed by atoms with Crippen LogP contribution in [0.25, 0.3) is 0 Å². The molecule has 0 saturated heterocycles. The van der Waals surface area contributed by atoms with Crippen molar-refractivity contribution in [2.75, 3.05) is 6.61 Å². The lowest BCUT2D eigenvalue weighted by Crippen LogP contribution is -1.99. The third kappa shape index (κ3) is 3.23. The zero-order valence-electron chi connectivity index (χ0n) is 7.58. The molecular weight excluding hydrogens is 185 g/mol. The smallest absolute Gasteiger partial charge is 0.384 e. The molecule has 0 bridgehead atoms. The second-order valence-corrected chi connectivity index (χ2v) is 2.34. The quantitative estimate of drug-likeness (QED) is 0.381. The number of rotatable bonds is 1. The molecule has 0 fully saturated rings. The maximum absolute atomic E-state index is 12.5. The lowest BCUT2D eigenvalue weighted by atomic mass is 10.3. The topological polar surface area (TPSA) is 39.2 Å². The predicted octanol–water partition coefficient (Wildman–Crippen LogP) is 1.14. The van der Waals surface area contributed by atoms with E-state index in [1.165, 1.54) is 12.3 Å². The first-order valence-electron chi connectivity index (χ1n) is 4.02. The Hall–Kier alpha value is -1.89. The summed E-state index contributed by atoms with van der Waals surface area (Å²) < 4.78 is 17.1. The van der Waals surface area contributed by atoms with Gasteiger partial charge in [0.2, 0.25) is 5.95 Å². The van der Waals surface area contributed by atoms with Gasteiger partial charge in [0.15, 0.2) is 0 Å². The Balaban J connectivity index is 2.72. The summed E-state index contributed by atoms with van der Waals surface area (Å²) in [6.07, 6.45) is 1.28. The largest absolute Gasteiger partial charge is 0.456 e. The van der Waals surface area contributed by atoms with E-state index < -0.39 is 11.9 Å². The minimum Gasteiger partial charge on any atom is -0.456 e. The van der Waals surface area contributed by atoms with Crippen molar-refractivity contribution in [1.29, 1.82) is 0 Å². The van der Waals surface area contributed by atoms with Gasteiger partial charge in [-0.3, -0.25) is 0 Å². The second kappa shape index (κ2) is 4.97. The zero-order chi connectivity index (χ0) is 10.4. The molecule has 0 atom stereocenters. The van der Waals surface area contributed by atoms with Crippen LogP contribution in [0.1, 0.15) is 12.5 Å². The first kappa shape index (κ1) is 10.2. The van der Waals surface area contributed by atoms with Crippen molar-refractivity contribution in [3.05, 3.63) is 29.8 Å². The molecule has 0 aliphatic rings. The van der Waals surface area contributed by atoms with Crippen LogP contribution in [0.15, 0.2) is 18.3 Å². The molecule has 0 aliphatic carbocycles. The number of hydrogen-bond donors (Lipinski definition) is 0. The molecule has 0 unspecified atom stereocenters. The van der Waals surface area contributed by atoms with E-state index in [4.69, 9.17) is 0 Å². The standard InChI is InChI=1S/C10H8FNO2/c1-2-14-10(13)4-3-8-5-6-12-9(11)7-8/h5-7H,2H2,1H3. The summed E-state index contributed by atoms with van der Waals surface area (Å²) in [4.78, 5) is 14.1. The third-order valence-corrected chi connectivity index (χ3v) is 1.31. The van der Waals surface area contributed by atoms with E-state index in [9.17, 15) is 9.18 Å². The number of hydrogen-bond acceptors (Lipinski definition) is 3. The van der Waals surface area contributed by atoms with Crippen LogP contribution in [0, 0.1) is 17.8 Å². The van der Waals surface area contributed by atoms with Gasteiger partial charge in [0.1, 0.15) is 0 Å². The predicted molar refractivity (Wildman–Crippen MR) is 47.7 cm³/mol.